The first kappa shape index (κ1) is 5.68. The van der Waals surface area contributed by atoms with E-state index in [0.29, 0.717) is 0 Å². The van der Waals surface area contributed by atoms with Gasteiger partial charge in [-0.05, 0) is 0 Å². The van der Waals surface area contributed by atoms with Gasteiger partial charge in [0.05, 0.1) is 5.56 Å². The summed E-state index contributed by atoms with van der Waals surface area (Å²) in [7, 11) is 0. The van der Waals surface area contributed by atoms with Gasteiger partial charge in [0.1, 0.15) is 0 Å². The Balaban J connectivity index is 2.98. The summed E-state index contributed by atoms with van der Waals surface area (Å²) < 4.78 is 0. The van der Waals surface area contributed by atoms with Crippen LogP contribution in [0.5, 0.6) is 0 Å². The van der Waals surface area contributed by atoms with E-state index in [2.05, 4.69) is 16.3 Å². The summed E-state index contributed by atoms with van der Waals surface area (Å²) in [5.41, 5.74) is 0.0775. The fourth-order valence-corrected chi connectivity index (χ4v) is 0.374. The SMILES string of the molecule is O=C(O)c1cn[c]nc1. The Labute approximate surface area is 51.2 Å². The minimum Gasteiger partial charge on any atom is -0.478 e. The maximum absolute atomic E-state index is 10.1. The maximum Gasteiger partial charge on any atom is 0.338 e. The first-order valence-electron chi connectivity index (χ1n) is 2.22. The maximum atomic E-state index is 10.1. The fourth-order valence-electron chi connectivity index (χ4n) is 0.374. The molecule has 1 N–H and O–H groups in total. The monoisotopic (exact) mass is 123 g/mol. The van der Waals surface area contributed by atoms with E-state index in [1.54, 1.807) is 0 Å². The standard InChI is InChI=1S/C5H3N2O2/c8-5(9)4-1-6-3-7-2-4/h1-2H,(H,8,9). The average Bonchev–Trinajstić information content (AvgIpc) is 1.90. The second kappa shape index (κ2) is 2.21. The minimum absolute atomic E-state index is 0.0775. The van der Waals surface area contributed by atoms with E-state index in [0.717, 1.165) is 0 Å². The van der Waals surface area contributed by atoms with Crippen LogP contribution >= 0.6 is 0 Å². The highest BCUT2D eigenvalue weighted by molar-refractivity contribution is 5.86. The number of hydrogen-bond donors (Lipinski definition) is 1. The molecule has 1 heterocycles. The minimum atomic E-state index is -1.02. The number of aromatic nitrogens is 2. The lowest BCUT2D eigenvalue weighted by molar-refractivity contribution is 0.0696. The molecule has 0 aliphatic carbocycles. The van der Waals surface area contributed by atoms with E-state index in [1.165, 1.54) is 12.4 Å². The van der Waals surface area contributed by atoms with Gasteiger partial charge in [0.25, 0.3) is 0 Å². The molecule has 0 fully saturated rings. The number of nitrogens with zero attached hydrogens (tertiary/aromatic N) is 2. The van der Waals surface area contributed by atoms with Crippen LogP contribution in [0.1, 0.15) is 10.4 Å². The molecule has 4 nitrogen and oxygen atoms in total. The largest absolute Gasteiger partial charge is 0.478 e. The summed E-state index contributed by atoms with van der Waals surface area (Å²) in [6.07, 6.45) is 4.60. The molecule has 0 unspecified atom stereocenters. The van der Waals surface area contributed by atoms with Crippen molar-refractivity contribution in [3.8, 4) is 0 Å². The van der Waals surface area contributed by atoms with Crippen LogP contribution in [0.4, 0.5) is 0 Å². The van der Waals surface area contributed by atoms with Crippen molar-refractivity contribution in [3.05, 3.63) is 24.3 Å². The predicted octanol–water partition coefficient (Wildman–Crippen LogP) is -0.0250. The lowest BCUT2D eigenvalue weighted by Gasteiger charge is -1.86. The topological polar surface area (TPSA) is 63.1 Å². The van der Waals surface area contributed by atoms with Gasteiger partial charge < -0.3 is 5.11 Å². The predicted molar refractivity (Wildman–Crippen MR) is 27.8 cm³/mol. The molecule has 1 aromatic rings. The summed E-state index contributed by atoms with van der Waals surface area (Å²) in [6.45, 7) is 0. The highest BCUT2D eigenvalue weighted by Gasteiger charge is 1.99. The molecule has 45 valence electrons. The van der Waals surface area contributed by atoms with Crippen LogP contribution in [0, 0.1) is 6.33 Å². The number of carboxylic acid groups (broad SMARTS) is 1. The van der Waals surface area contributed by atoms with E-state index in [1.807, 2.05) is 0 Å². The van der Waals surface area contributed by atoms with Crippen molar-refractivity contribution < 1.29 is 9.90 Å². The summed E-state index contributed by atoms with van der Waals surface area (Å²) in [5.74, 6) is -1.02. The van der Waals surface area contributed by atoms with Gasteiger partial charge in [-0.2, -0.15) is 0 Å². The Hall–Kier alpha value is -1.45. The number of rotatable bonds is 1. The summed E-state index contributed by atoms with van der Waals surface area (Å²) in [5, 5.41) is 8.29. The molecule has 1 aromatic heterocycles. The van der Waals surface area contributed by atoms with Gasteiger partial charge in [-0.1, -0.05) is 0 Å². The first-order valence-corrected chi connectivity index (χ1v) is 2.22. The Morgan fingerprint density at radius 3 is 2.44 bits per heavy atom. The quantitative estimate of drug-likeness (QED) is 0.569. The van der Waals surface area contributed by atoms with Gasteiger partial charge in [-0.3, -0.25) is 0 Å². The van der Waals surface area contributed by atoms with Crippen LogP contribution < -0.4 is 0 Å². The van der Waals surface area contributed by atoms with Gasteiger partial charge in [0.15, 0.2) is 6.33 Å². The highest BCUT2D eigenvalue weighted by Crippen LogP contribution is 1.89. The zero-order chi connectivity index (χ0) is 6.69. The number of hydrogen-bond acceptors (Lipinski definition) is 3. The molecule has 0 aromatic carbocycles. The molecule has 1 radical (unpaired) electrons. The molecule has 0 atom stereocenters. The third-order valence-electron chi connectivity index (χ3n) is 0.770. The summed E-state index contributed by atoms with van der Waals surface area (Å²) in [6, 6.07) is 0. The normalized spacial score (nSPS) is 8.89. The molecule has 0 amide bonds. The van der Waals surface area contributed by atoms with Crippen molar-refractivity contribution in [1.82, 2.24) is 9.97 Å². The number of carbonyl (C=O) groups is 1. The summed E-state index contributed by atoms with van der Waals surface area (Å²) in [4.78, 5) is 16.9. The van der Waals surface area contributed by atoms with Crippen LogP contribution in [0.15, 0.2) is 12.4 Å². The first-order chi connectivity index (χ1) is 4.30. The zero-order valence-electron chi connectivity index (χ0n) is 4.40. The van der Waals surface area contributed by atoms with Gasteiger partial charge in [0, 0.05) is 12.4 Å². The highest BCUT2D eigenvalue weighted by atomic mass is 16.4. The van der Waals surface area contributed by atoms with E-state index in [-0.39, 0.29) is 5.56 Å². The van der Waals surface area contributed by atoms with Crippen LogP contribution in [-0.4, -0.2) is 21.0 Å². The van der Waals surface area contributed by atoms with Gasteiger partial charge in [-0.25, -0.2) is 14.8 Å². The summed E-state index contributed by atoms with van der Waals surface area (Å²) >= 11 is 0. The van der Waals surface area contributed by atoms with Gasteiger partial charge in [-0.15, -0.1) is 0 Å². The Kier molecular flexibility index (Phi) is 1.40. The number of aromatic carboxylic acids is 1. The molecule has 0 spiro atoms. The molecule has 0 bridgehead atoms. The average molecular weight is 123 g/mol. The van der Waals surface area contributed by atoms with Crippen molar-refractivity contribution in [2.24, 2.45) is 0 Å². The molecular weight excluding hydrogens is 120 g/mol. The molecule has 0 saturated heterocycles. The Bertz CT molecular complexity index is 209. The molecular formula is C5H3N2O2. The van der Waals surface area contributed by atoms with Crippen molar-refractivity contribution >= 4 is 5.97 Å². The molecule has 1 rings (SSSR count). The lowest BCUT2D eigenvalue weighted by Crippen LogP contribution is -1.96. The van der Waals surface area contributed by atoms with E-state index < -0.39 is 5.97 Å². The van der Waals surface area contributed by atoms with E-state index in [4.69, 9.17) is 5.11 Å². The molecule has 0 aliphatic heterocycles. The Morgan fingerprint density at radius 2 is 2.11 bits per heavy atom. The van der Waals surface area contributed by atoms with Gasteiger partial charge >= 0.3 is 5.97 Å². The molecule has 0 aliphatic rings. The molecule has 9 heavy (non-hydrogen) atoms. The van der Waals surface area contributed by atoms with Crippen LogP contribution in [0.25, 0.3) is 0 Å². The molecule has 4 heteroatoms. The van der Waals surface area contributed by atoms with Crippen molar-refractivity contribution in [2.75, 3.05) is 0 Å². The van der Waals surface area contributed by atoms with Crippen molar-refractivity contribution in [1.29, 1.82) is 0 Å². The smallest absolute Gasteiger partial charge is 0.338 e. The van der Waals surface area contributed by atoms with Crippen LogP contribution in [-0.2, 0) is 0 Å². The third-order valence-corrected chi connectivity index (χ3v) is 0.770. The van der Waals surface area contributed by atoms with E-state index >= 15 is 0 Å². The third kappa shape index (κ3) is 1.22. The number of carboxylic acids is 1. The van der Waals surface area contributed by atoms with Crippen molar-refractivity contribution in [3.63, 3.8) is 0 Å². The van der Waals surface area contributed by atoms with Gasteiger partial charge in [0.2, 0.25) is 0 Å². The second-order valence-corrected chi connectivity index (χ2v) is 1.38. The van der Waals surface area contributed by atoms with Crippen LogP contribution in [0.2, 0.25) is 0 Å². The van der Waals surface area contributed by atoms with Crippen LogP contribution in [0.3, 0.4) is 0 Å². The molecule has 0 saturated carbocycles. The van der Waals surface area contributed by atoms with E-state index in [9.17, 15) is 4.79 Å². The fraction of sp³-hybridized carbons (Fsp3) is 0. The Morgan fingerprint density at radius 1 is 1.56 bits per heavy atom. The second-order valence-electron chi connectivity index (χ2n) is 1.38. The lowest BCUT2D eigenvalue weighted by atomic mass is 10.4. The van der Waals surface area contributed by atoms with Crippen molar-refractivity contribution in [2.45, 2.75) is 0 Å². The zero-order valence-corrected chi connectivity index (χ0v) is 4.40.